The van der Waals surface area contributed by atoms with Gasteiger partial charge in [0.25, 0.3) is 0 Å². The van der Waals surface area contributed by atoms with Gasteiger partial charge in [-0.1, -0.05) is 57.9 Å². The van der Waals surface area contributed by atoms with Crippen LogP contribution >= 0.6 is 0 Å². The first kappa shape index (κ1) is 17.0. The highest BCUT2D eigenvalue weighted by Gasteiger charge is 2.31. The summed E-state index contributed by atoms with van der Waals surface area (Å²) in [5.74, 6) is 0.0280. The molecule has 3 nitrogen and oxygen atoms in total. The highest BCUT2D eigenvalue weighted by Crippen LogP contribution is 2.28. The molecule has 2 rings (SSSR count). The average Bonchev–Trinajstić information content (AvgIpc) is 2.90. The predicted molar refractivity (Wildman–Crippen MR) is 89.9 cm³/mol. The smallest absolute Gasteiger partial charge is 0.220 e. The van der Waals surface area contributed by atoms with Crippen LogP contribution in [0, 0.1) is 0 Å². The summed E-state index contributed by atoms with van der Waals surface area (Å²) in [4.78, 5) is 11.9. The van der Waals surface area contributed by atoms with Gasteiger partial charge in [-0.15, -0.1) is 0 Å². The van der Waals surface area contributed by atoms with Crippen LogP contribution in [0.5, 0.6) is 0 Å². The highest BCUT2D eigenvalue weighted by atomic mass is 16.3. The number of carbonyl (C=O) groups excluding carboxylic acids is 1. The van der Waals surface area contributed by atoms with Crippen molar-refractivity contribution in [2.45, 2.75) is 70.3 Å². The lowest BCUT2D eigenvalue weighted by atomic mass is 9.86. The van der Waals surface area contributed by atoms with Crippen molar-refractivity contribution in [1.29, 1.82) is 0 Å². The third kappa shape index (κ3) is 4.84. The van der Waals surface area contributed by atoms with Crippen molar-refractivity contribution < 1.29 is 9.90 Å². The molecular weight excluding hydrogens is 274 g/mol. The fourth-order valence-corrected chi connectivity index (χ4v) is 2.99. The molecule has 1 aliphatic carbocycles. The number of rotatable bonds is 5. The Morgan fingerprint density at radius 3 is 2.32 bits per heavy atom. The number of benzene rings is 1. The molecule has 0 aliphatic heterocycles. The van der Waals surface area contributed by atoms with E-state index in [1.807, 2.05) is 0 Å². The van der Waals surface area contributed by atoms with E-state index in [1.165, 1.54) is 11.1 Å². The van der Waals surface area contributed by atoms with Crippen molar-refractivity contribution in [3.8, 4) is 0 Å². The summed E-state index contributed by atoms with van der Waals surface area (Å²) >= 11 is 0. The SMILES string of the molecule is CC(C)(C)c1ccc(CCC(=O)NCC2(O)CCCC2)cc1. The molecule has 0 aromatic heterocycles. The van der Waals surface area contributed by atoms with Gasteiger partial charge in [0.2, 0.25) is 5.91 Å². The molecule has 122 valence electrons. The molecule has 1 aliphatic rings. The fraction of sp³-hybridized carbons (Fsp3) is 0.632. The maximum absolute atomic E-state index is 11.9. The number of carbonyl (C=O) groups is 1. The van der Waals surface area contributed by atoms with Crippen molar-refractivity contribution >= 4 is 5.91 Å². The monoisotopic (exact) mass is 303 g/mol. The molecule has 0 bridgehead atoms. The predicted octanol–water partition coefficient (Wildman–Crippen LogP) is 3.34. The minimum atomic E-state index is -0.663. The standard InChI is InChI=1S/C19H29NO2/c1-18(2,3)16-9-6-15(7-10-16)8-11-17(21)20-14-19(22)12-4-5-13-19/h6-7,9-10,22H,4-5,8,11-14H2,1-3H3,(H,20,21). The van der Waals surface area contributed by atoms with E-state index < -0.39 is 5.60 Å². The molecule has 0 unspecified atom stereocenters. The van der Waals surface area contributed by atoms with E-state index in [4.69, 9.17) is 0 Å². The average molecular weight is 303 g/mol. The van der Waals surface area contributed by atoms with Gasteiger partial charge < -0.3 is 10.4 Å². The first-order valence-electron chi connectivity index (χ1n) is 8.37. The van der Waals surface area contributed by atoms with Crippen molar-refractivity contribution in [2.75, 3.05) is 6.54 Å². The van der Waals surface area contributed by atoms with Gasteiger partial charge in [-0.3, -0.25) is 4.79 Å². The summed E-state index contributed by atoms with van der Waals surface area (Å²) in [7, 11) is 0. The molecule has 1 aromatic rings. The second-order valence-corrected chi connectivity index (χ2v) is 7.66. The van der Waals surface area contributed by atoms with Crippen LogP contribution in [0.4, 0.5) is 0 Å². The van der Waals surface area contributed by atoms with Crippen molar-refractivity contribution in [3.63, 3.8) is 0 Å². The van der Waals surface area contributed by atoms with E-state index in [1.54, 1.807) is 0 Å². The van der Waals surface area contributed by atoms with Gasteiger partial charge in [0.15, 0.2) is 0 Å². The number of nitrogens with one attached hydrogen (secondary N) is 1. The molecule has 1 saturated carbocycles. The van der Waals surface area contributed by atoms with Crippen molar-refractivity contribution in [2.24, 2.45) is 0 Å². The molecule has 0 atom stereocenters. The van der Waals surface area contributed by atoms with Crippen LogP contribution in [0.1, 0.15) is 64.0 Å². The van der Waals surface area contributed by atoms with Crippen LogP contribution < -0.4 is 5.32 Å². The van der Waals surface area contributed by atoms with Crippen LogP contribution in [0.2, 0.25) is 0 Å². The summed E-state index contributed by atoms with van der Waals surface area (Å²) in [5, 5.41) is 13.1. The minimum Gasteiger partial charge on any atom is -0.388 e. The molecule has 0 spiro atoms. The first-order chi connectivity index (χ1) is 10.3. The summed E-state index contributed by atoms with van der Waals surface area (Å²) in [6, 6.07) is 8.51. The zero-order chi connectivity index (χ0) is 16.2. The van der Waals surface area contributed by atoms with Crippen LogP contribution in [0.25, 0.3) is 0 Å². The van der Waals surface area contributed by atoms with Gasteiger partial charge >= 0.3 is 0 Å². The Balaban J connectivity index is 1.76. The molecule has 3 heteroatoms. The van der Waals surface area contributed by atoms with Crippen molar-refractivity contribution in [3.05, 3.63) is 35.4 Å². The second kappa shape index (κ2) is 6.82. The zero-order valence-corrected chi connectivity index (χ0v) is 14.1. The van der Waals surface area contributed by atoms with Crippen LogP contribution in [0.15, 0.2) is 24.3 Å². The topological polar surface area (TPSA) is 49.3 Å². The Labute approximate surface area is 134 Å². The number of aryl methyl sites for hydroxylation is 1. The van der Waals surface area contributed by atoms with E-state index in [0.29, 0.717) is 13.0 Å². The zero-order valence-electron chi connectivity index (χ0n) is 14.1. The third-order valence-electron chi connectivity index (χ3n) is 4.61. The van der Waals surface area contributed by atoms with Gasteiger partial charge in [-0.25, -0.2) is 0 Å². The van der Waals surface area contributed by atoms with Crippen LogP contribution in [-0.2, 0) is 16.6 Å². The number of hydrogen-bond donors (Lipinski definition) is 2. The Morgan fingerprint density at radius 2 is 1.77 bits per heavy atom. The van der Waals surface area contributed by atoms with E-state index >= 15 is 0 Å². The molecule has 0 saturated heterocycles. The number of aliphatic hydroxyl groups is 1. The Kier molecular flexibility index (Phi) is 5.28. The number of amides is 1. The van der Waals surface area contributed by atoms with Crippen LogP contribution in [0.3, 0.4) is 0 Å². The van der Waals surface area contributed by atoms with E-state index in [9.17, 15) is 9.90 Å². The first-order valence-corrected chi connectivity index (χ1v) is 8.37. The van der Waals surface area contributed by atoms with E-state index in [-0.39, 0.29) is 11.3 Å². The van der Waals surface area contributed by atoms with Gasteiger partial charge in [0, 0.05) is 13.0 Å². The van der Waals surface area contributed by atoms with Gasteiger partial charge in [0.05, 0.1) is 5.60 Å². The molecular formula is C19H29NO2. The summed E-state index contributed by atoms with van der Waals surface area (Å²) in [6.45, 7) is 6.99. The molecule has 1 amide bonds. The minimum absolute atomic E-state index is 0.0280. The van der Waals surface area contributed by atoms with E-state index in [2.05, 4.69) is 50.4 Å². The lowest BCUT2D eigenvalue weighted by Gasteiger charge is -2.22. The molecule has 22 heavy (non-hydrogen) atoms. The van der Waals surface area contributed by atoms with Crippen LogP contribution in [-0.4, -0.2) is 23.2 Å². The molecule has 1 fully saturated rings. The van der Waals surface area contributed by atoms with Gasteiger partial charge in [0.1, 0.15) is 0 Å². The quantitative estimate of drug-likeness (QED) is 0.876. The van der Waals surface area contributed by atoms with Gasteiger partial charge in [-0.05, 0) is 35.8 Å². The highest BCUT2D eigenvalue weighted by molar-refractivity contribution is 5.76. The summed E-state index contributed by atoms with van der Waals surface area (Å²) in [6.07, 6.45) is 4.96. The second-order valence-electron chi connectivity index (χ2n) is 7.66. The third-order valence-corrected chi connectivity index (χ3v) is 4.61. The number of hydrogen-bond acceptors (Lipinski definition) is 2. The fourth-order valence-electron chi connectivity index (χ4n) is 2.99. The molecule has 0 heterocycles. The molecule has 0 radical (unpaired) electrons. The summed E-state index contributed by atoms with van der Waals surface area (Å²) < 4.78 is 0. The van der Waals surface area contributed by atoms with E-state index in [0.717, 1.165) is 32.1 Å². The maximum Gasteiger partial charge on any atom is 0.220 e. The molecule has 1 aromatic carbocycles. The lowest BCUT2D eigenvalue weighted by Crippen LogP contribution is -2.40. The Morgan fingerprint density at radius 1 is 1.18 bits per heavy atom. The maximum atomic E-state index is 11.9. The van der Waals surface area contributed by atoms with Gasteiger partial charge in [-0.2, -0.15) is 0 Å². The summed E-state index contributed by atoms with van der Waals surface area (Å²) in [5.41, 5.74) is 1.99. The molecule has 2 N–H and O–H groups in total. The normalized spacial score (nSPS) is 17.5. The largest absolute Gasteiger partial charge is 0.388 e. The Hall–Kier alpha value is -1.35. The lowest BCUT2D eigenvalue weighted by molar-refractivity contribution is -0.122. The Bertz CT molecular complexity index is 493. The van der Waals surface area contributed by atoms with Crippen molar-refractivity contribution in [1.82, 2.24) is 5.32 Å².